The van der Waals surface area contributed by atoms with Crippen molar-refractivity contribution in [2.24, 2.45) is 5.92 Å². The van der Waals surface area contributed by atoms with Crippen molar-refractivity contribution in [3.05, 3.63) is 35.4 Å². The summed E-state index contributed by atoms with van der Waals surface area (Å²) in [5.41, 5.74) is 1.35. The molecule has 0 unspecified atom stereocenters. The molecule has 2 saturated carbocycles. The molecule has 24 heavy (non-hydrogen) atoms. The smallest absolute Gasteiger partial charge is 0.141 e. The molecule has 130 valence electrons. The van der Waals surface area contributed by atoms with E-state index in [4.69, 9.17) is 0 Å². The highest BCUT2D eigenvalue weighted by molar-refractivity contribution is 5.38. The lowest BCUT2D eigenvalue weighted by atomic mass is 9.80. The molecule has 0 bridgehead atoms. The van der Waals surface area contributed by atoms with Crippen molar-refractivity contribution in [3.63, 3.8) is 0 Å². The Balaban J connectivity index is 1.64. The minimum absolute atomic E-state index is 0.117. The van der Waals surface area contributed by atoms with E-state index in [9.17, 15) is 5.11 Å². The van der Waals surface area contributed by atoms with Crippen LogP contribution in [0.2, 0.25) is 0 Å². The molecule has 0 amide bonds. The lowest BCUT2D eigenvalue weighted by Crippen LogP contribution is -2.53. The van der Waals surface area contributed by atoms with Gasteiger partial charge in [-0.3, -0.25) is 0 Å². The van der Waals surface area contributed by atoms with Crippen LogP contribution in [-0.2, 0) is 0 Å². The first kappa shape index (κ1) is 17.5. The van der Waals surface area contributed by atoms with Crippen molar-refractivity contribution < 1.29 is 5.11 Å². The van der Waals surface area contributed by atoms with Gasteiger partial charge in [-0.1, -0.05) is 55.2 Å². The third-order valence-electron chi connectivity index (χ3n) is 5.73. The van der Waals surface area contributed by atoms with Gasteiger partial charge >= 0.3 is 0 Å². The molecular weight excluding hydrogens is 294 g/mol. The molecule has 3 rings (SSSR count). The molecule has 2 atom stereocenters. The molecule has 1 aromatic rings. The predicted octanol–water partition coefficient (Wildman–Crippen LogP) is 4.19. The molecule has 0 aliphatic heterocycles. The van der Waals surface area contributed by atoms with Gasteiger partial charge in [0.2, 0.25) is 0 Å². The second kappa shape index (κ2) is 8.19. The first-order chi connectivity index (χ1) is 11.7. The molecule has 2 aliphatic rings. The highest BCUT2D eigenvalue weighted by Gasteiger charge is 2.37. The molecule has 0 radical (unpaired) electrons. The lowest BCUT2D eigenvalue weighted by Gasteiger charge is -2.38. The van der Waals surface area contributed by atoms with Crippen LogP contribution < -0.4 is 5.32 Å². The van der Waals surface area contributed by atoms with Crippen LogP contribution in [0.3, 0.4) is 0 Å². The van der Waals surface area contributed by atoms with Crippen LogP contribution in [0, 0.1) is 24.7 Å². The highest BCUT2D eigenvalue weighted by atomic mass is 16.3. The molecule has 2 N–H and O–H groups in total. The van der Waals surface area contributed by atoms with Crippen molar-refractivity contribution in [1.82, 2.24) is 5.32 Å². The van der Waals surface area contributed by atoms with E-state index in [-0.39, 0.29) is 6.04 Å². The summed E-state index contributed by atoms with van der Waals surface area (Å²) in [6, 6.07) is 8.35. The highest BCUT2D eigenvalue weighted by Crippen LogP contribution is 2.29. The van der Waals surface area contributed by atoms with Crippen LogP contribution >= 0.6 is 0 Å². The van der Waals surface area contributed by atoms with Gasteiger partial charge in [0.1, 0.15) is 5.60 Å². The van der Waals surface area contributed by atoms with Gasteiger partial charge < -0.3 is 10.4 Å². The van der Waals surface area contributed by atoms with E-state index in [0.717, 1.165) is 37.3 Å². The molecule has 2 nitrogen and oxygen atoms in total. The van der Waals surface area contributed by atoms with Crippen molar-refractivity contribution in [2.45, 2.75) is 76.4 Å². The molecule has 2 fully saturated rings. The SMILES string of the molecule is Cc1ccc(C#C[C@]2(O)CCCC[C@@H]2NCC2CCCCC2)cc1. The Kier molecular flexibility index (Phi) is 5.98. The summed E-state index contributed by atoms with van der Waals surface area (Å²) in [7, 11) is 0. The third-order valence-corrected chi connectivity index (χ3v) is 5.73. The second-order valence-corrected chi connectivity index (χ2v) is 7.75. The zero-order chi connectivity index (χ0) is 16.8. The van der Waals surface area contributed by atoms with E-state index in [1.54, 1.807) is 0 Å². The summed E-state index contributed by atoms with van der Waals surface area (Å²) in [5, 5.41) is 14.8. The van der Waals surface area contributed by atoms with E-state index >= 15 is 0 Å². The Morgan fingerprint density at radius 2 is 1.75 bits per heavy atom. The molecule has 0 saturated heterocycles. The summed E-state index contributed by atoms with van der Waals surface area (Å²) < 4.78 is 0. The van der Waals surface area contributed by atoms with E-state index in [1.807, 2.05) is 12.1 Å². The van der Waals surface area contributed by atoms with Crippen LogP contribution in [-0.4, -0.2) is 23.3 Å². The van der Waals surface area contributed by atoms with Gasteiger partial charge in [0.05, 0.1) is 0 Å². The lowest BCUT2D eigenvalue weighted by molar-refractivity contribution is 0.0240. The normalized spacial score (nSPS) is 28.2. The van der Waals surface area contributed by atoms with Gasteiger partial charge in [0.25, 0.3) is 0 Å². The maximum atomic E-state index is 11.1. The first-order valence-electron chi connectivity index (χ1n) is 9.71. The minimum atomic E-state index is -0.877. The summed E-state index contributed by atoms with van der Waals surface area (Å²) in [4.78, 5) is 0. The number of nitrogens with one attached hydrogen (secondary N) is 1. The van der Waals surface area contributed by atoms with Crippen molar-refractivity contribution in [2.75, 3.05) is 6.54 Å². The number of aryl methyl sites for hydroxylation is 1. The van der Waals surface area contributed by atoms with E-state index < -0.39 is 5.60 Å². The monoisotopic (exact) mass is 325 g/mol. The fraction of sp³-hybridized carbons (Fsp3) is 0.636. The average Bonchev–Trinajstić information content (AvgIpc) is 2.61. The summed E-state index contributed by atoms with van der Waals surface area (Å²) in [5.74, 6) is 7.21. The number of aliphatic hydroxyl groups is 1. The van der Waals surface area contributed by atoms with Gasteiger partial charge in [-0.2, -0.15) is 0 Å². The quantitative estimate of drug-likeness (QED) is 0.817. The number of hydrogen-bond acceptors (Lipinski definition) is 2. The minimum Gasteiger partial charge on any atom is -0.376 e. The molecule has 1 aromatic carbocycles. The number of benzene rings is 1. The molecule has 0 aromatic heterocycles. The second-order valence-electron chi connectivity index (χ2n) is 7.75. The Bertz CT molecular complexity index is 576. The summed E-state index contributed by atoms with van der Waals surface area (Å²) in [6.45, 7) is 3.12. The van der Waals surface area contributed by atoms with E-state index in [2.05, 4.69) is 36.2 Å². The average molecular weight is 325 g/mol. The summed E-state index contributed by atoms with van der Waals surface area (Å²) >= 11 is 0. The third kappa shape index (κ3) is 4.62. The fourth-order valence-electron chi connectivity index (χ4n) is 4.09. The number of rotatable bonds is 3. The maximum absolute atomic E-state index is 11.1. The molecule has 2 aliphatic carbocycles. The van der Waals surface area contributed by atoms with Crippen LogP contribution in [0.1, 0.15) is 68.9 Å². The molecule has 2 heteroatoms. The molecule has 0 heterocycles. The van der Waals surface area contributed by atoms with Gasteiger partial charge in [-0.15, -0.1) is 0 Å². The van der Waals surface area contributed by atoms with Crippen molar-refractivity contribution in [1.29, 1.82) is 0 Å². The van der Waals surface area contributed by atoms with Crippen LogP contribution in [0.5, 0.6) is 0 Å². The summed E-state index contributed by atoms with van der Waals surface area (Å²) in [6.07, 6.45) is 10.9. The zero-order valence-electron chi connectivity index (χ0n) is 15.0. The maximum Gasteiger partial charge on any atom is 0.141 e. The van der Waals surface area contributed by atoms with Crippen molar-refractivity contribution in [3.8, 4) is 11.8 Å². The van der Waals surface area contributed by atoms with Gasteiger partial charge in [-0.05, 0) is 63.6 Å². The van der Waals surface area contributed by atoms with Crippen molar-refractivity contribution >= 4 is 0 Å². The topological polar surface area (TPSA) is 32.3 Å². The van der Waals surface area contributed by atoms with E-state index in [1.165, 1.54) is 44.1 Å². The molecular formula is C22H31NO. The number of hydrogen-bond donors (Lipinski definition) is 2. The zero-order valence-corrected chi connectivity index (χ0v) is 15.0. The van der Waals surface area contributed by atoms with Crippen LogP contribution in [0.25, 0.3) is 0 Å². The Labute approximate surface area is 147 Å². The van der Waals surface area contributed by atoms with Gasteiger partial charge in [-0.25, -0.2) is 0 Å². The predicted molar refractivity (Wildman–Crippen MR) is 99.8 cm³/mol. The first-order valence-corrected chi connectivity index (χ1v) is 9.71. The Morgan fingerprint density at radius 3 is 2.50 bits per heavy atom. The van der Waals surface area contributed by atoms with E-state index in [0.29, 0.717) is 0 Å². The Morgan fingerprint density at radius 1 is 1.04 bits per heavy atom. The van der Waals surface area contributed by atoms with Gasteiger partial charge in [0, 0.05) is 11.6 Å². The fourth-order valence-corrected chi connectivity index (χ4v) is 4.09. The largest absolute Gasteiger partial charge is 0.376 e. The van der Waals surface area contributed by atoms with Gasteiger partial charge in [0.15, 0.2) is 0 Å². The molecule has 0 spiro atoms. The standard InChI is InChI=1S/C22H31NO/c1-18-10-12-19(13-11-18)14-16-22(24)15-6-5-9-21(22)23-17-20-7-3-2-4-8-20/h10-13,20-21,23-24H,2-9,15,17H2,1H3/t21-,22+/m0/s1. The van der Waals surface area contributed by atoms with Crippen LogP contribution in [0.15, 0.2) is 24.3 Å². The van der Waals surface area contributed by atoms with Crippen LogP contribution in [0.4, 0.5) is 0 Å². The Hall–Kier alpha value is -1.30.